The van der Waals surface area contributed by atoms with E-state index in [2.05, 4.69) is 20.8 Å². The Labute approximate surface area is 171 Å². The number of carbonyl (C=O) groups is 2. The van der Waals surface area contributed by atoms with Crippen molar-refractivity contribution in [2.24, 2.45) is 0 Å². The Morgan fingerprint density at radius 2 is 1.77 bits per heavy atom. The van der Waals surface area contributed by atoms with Crippen LogP contribution in [0.4, 0.5) is 5.69 Å². The van der Waals surface area contributed by atoms with E-state index < -0.39 is 0 Å². The molecule has 1 aliphatic heterocycles. The zero-order valence-corrected chi connectivity index (χ0v) is 16.1. The highest BCUT2D eigenvalue weighted by Gasteiger charge is 2.14. The van der Waals surface area contributed by atoms with Crippen LogP contribution in [0, 0.1) is 0 Å². The van der Waals surface area contributed by atoms with Gasteiger partial charge in [-0.05, 0) is 18.2 Å². The largest absolute Gasteiger partial charge is 0.486 e. The molecule has 0 atom stereocenters. The highest BCUT2D eigenvalue weighted by atomic mass is 16.6. The van der Waals surface area contributed by atoms with Gasteiger partial charge in [0.2, 0.25) is 11.8 Å². The molecule has 2 aromatic carbocycles. The van der Waals surface area contributed by atoms with Gasteiger partial charge in [0.15, 0.2) is 11.5 Å². The normalized spacial score (nSPS) is 12.4. The second kappa shape index (κ2) is 8.64. The van der Waals surface area contributed by atoms with Crippen molar-refractivity contribution in [3.8, 4) is 11.5 Å². The zero-order valence-electron chi connectivity index (χ0n) is 16.1. The Morgan fingerprint density at radius 3 is 2.60 bits per heavy atom. The molecule has 9 nitrogen and oxygen atoms in total. The number of aromatic nitrogens is 2. The molecule has 2 heterocycles. The summed E-state index contributed by atoms with van der Waals surface area (Å²) >= 11 is 0. The molecule has 3 N–H and O–H groups in total. The van der Waals surface area contributed by atoms with Gasteiger partial charge in [-0.25, -0.2) is 5.10 Å². The summed E-state index contributed by atoms with van der Waals surface area (Å²) in [5.41, 5.74) is 0.772. The minimum absolute atomic E-state index is 0.00106. The number of fused-ring (bicyclic) bond motifs is 2. The number of rotatable bonds is 6. The van der Waals surface area contributed by atoms with Crippen LogP contribution in [0.15, 0.2) is 47.3 Å². The molecule has 3 aromatic rings. The minimum Gasteiger partial charge on any atom is -0.486 e. The van der Waals surface area contributed by atoms with Crippen LogP contribution in [0.2, 0.25) is 0 Å². The second-order valence-electron chi connectivity index (χ2n) is 6.73. The molecule has 1 aromatic heterocycles. The van der Waals surface area contributed by atoms with E-state index in [-0.39, 0.29) is 36.8 Å². The lowest BCUT2D eigenvalue weighted by Gasteiger charge is -2.19. The molecule has 4 rings (SSSR count). The van der Waals surface area contributed by atoms with Gasteiger partial charge in [0.1, 0.15) is 13.2 Å². The van der Waals surface area contributed by atoms with Crippen molar-refractivity contribution < 1.29 is 19.1 Å². The molecule has 154 valence electrons. The predicted octanol–water partition coefficient (Wildman–Crippen LogP) is 1.38. The summed E-state index contributed by atoms with van der Waals surface area (Å²) in [7, 11) is 0. The fourth-order valence-corrected chi connectivity index (χ4v) is 3.18. The minimum atomic E-state index is -0.300. The number of hydrogen-bond donors (Lipinski definition) is 3. The number of anilines is 1. The number of ether oxygens (including phenoxy) is 2. The number of nitrogens with one attached hydrogen (secondary N) is 3. The van der Waals surface area contributed by atoms with Gasteiger partial charge < -0.3 is 20.1 Å². The van der Waals surface area contributed by atoms with Gasteiger partial charge in [-0.3, -0.25) is 14.4 Å². The highest BCUT2D eigenvalue weighted by Crippen LogP contribution is 2.32. The predicted molar refractivity (Wildman–Crippen MR) is 110 cm³/mol. The first-order valence-electron chi connectivity index (χ1n) is 9.52. The maximum Gasteiger partial charge on any atom is 0.272 e. The molecule has 0 fully saturated rings. The first-order chi connectivity index (χ1) is 14.6. The number of carbonyl (C=O) groups excluding carboxylic acids is 2. The standard InChI is InChI=1S/C21H20N4O5/c26-19(23-13-5-6-17-18(11-13)30-10-9-29-17)7-8-22-20(27)12-16-14-3-1-2-4-15(14)21(28)25-24-16/h1-6,11H,7-10,12H2,(H,22,27)(H,23,26)(H,25,28). The first-order valence-corrected chi connectivity index (χ1v) is 9.52. The van der Waals surface area contributed by atoms with Gasteiger partial charge in [-0.15, -0.1) is 0 Å². The zero-order chi connectivity index (χ0) is 20.9. The van der Waals surface area contributed by atoms with Crippen molar-refractivity contribution in [3.05, 3.63) is 58.5 Å². The molecule has 0 bridgehead atoms. The van der Waals surface area contributed by atoms with Gasteiger partial charge in [0.25, 0.3) is 5.56 Å². The summed E-state index contributed by atoms with van der Waals surface area (Å²) in [4.78, 5) is 36.2. The Balaban J connectivity index is 1.28. The third-order valence-electron chi connectivity index (χ3n) is 4.60. The van der Waals surface area contributed by atoms with Crippen LogP contribution < -0.4 is 25.7 Å². The van der Waals surface area contributed by atoms with Crippen LogP contribution in [0.3, 0.4) is 0 Å². The molecular weight excluding hydrogens is 388 g/mol. The Morgan fingerprint density at radius 1 is 1.00 bits per heavy atom. The van der Waals surface area contributed by atoms with E-state index in [1.54, 1.807) is 42.5 Å². The highest BCUT2D eigenvalue weighted by molar-refractivity contribution is 5.92. The average molecular weight is 408 g/mol. The van der Waals surface area contributed by atoms with Crippen molar-refractivity contribution in [1.29, 1.82) is 0 Å². The quantitative estimate of drug-likeness (QED) is 0.566. The lowest BCUT2D eigenvalue weighted by Crippen LogP contribution is -2.29. The molecule has 0 spiro atoms. The van der Waals surface area contributed by atoms with Gasteiger partial charge >= 0.3 is 0 Å². The monoisotopic (exact) mass is 408 g/mol. The van der Waals surface area contributed by atoms with E-state index in [1.807, 2.05) is 0 Å². The number of benzene rings is 2. The van der Waals surface area contributed by atoms with Crippen LogP contribution in [-0.2, 0) is 16.0 Å². The Bertz CT molecular complexity index is 1160. The van der Waals surface area contributed by atoms with Crippen LogP contribution >= 0.6 is 0 Å². The maximum atomic E-state index is 12.2. The van der Waals surface area contributed by atoms with Crippen LogP contribution in [0.5, 0.6) is 11.5 Å². The smallest absolute Gasteiger partial charge is 0.272 e. The summed E-state index contributed by atoms with van der Waals surface area (Å²) < 4.78 is 10.9. The number of hydrogen-bond acceptors (Lipinski definition) is 6. The van der Waals surface area contributed by atoms with Crippen molar-refractivity contribution in [2.45, 2.75) is 12.8 Å². The SMILES string of the molecule is O=C(Cc1n[nH]c(=O)c2ccccc12)NCCC(=O)Nc1ccc2c(c1)OCCO2. The summed E-state index contributed by atoms with van der Waals surface area (Å²) in [6.07, 6.45) is 0.112. The van der Waals surface area contributed by atoms with Gasteiger partial charge in [-0.2, -0.15) is 5.10 Å². The molecular formula is C21H20N4O5. The lowest BCUT2D eigenvalue weighted by molar-refractivity contribution is -0.120. The molecule has 30 heavy (non-hydrogen) atoms. The third kappa shape index (κ3) is 4.40. The molecule has 0 saturated carbocycles. The Hall–Kier alpha value is -3.88. The molecule has 1 aliphatic rings. The topological polar surface area (TPSA) is 122 Å². The number of aromatic amines is 1. The third-order valence-corrected chi connectivity index (χ3v) is 4.60. The molecule has 0 saturated heterocycles. The molecule has 2 amide bonds. The fourth-order valence-electron chi connectivity index (χ4n) is 3.18. The number of nitrogens with zero attached hydrogens (tertiary/aromatic N) is 1. The second-order valence-corrected chi connectivity index (χ2v) is 6.73. The Kier molecular flexibility index (Phi) is 5.60. The van der Waals surface area contributed by atoms with Gasteiger partial charge in [-0.1, -0.05) is 18.2 Å². The number of H-pyrrole nitrogens is 1. The molecule has 0 radical (unpaired) electrons. The fraction of sp³-hybridized carbons (Fsp3) is 0.238. The first kappa shape index (κ1) is 19.4. The van der Waals surface area contributed by atoms with Crippen LogP contribution in [0.1, 0.15) is 12.1 Å². The number of amides is 2. The van der Waals surface area contributed by atoms with Crippen molar-refractivity contribution >= 4 is 28.3 Å². The van der Waals surface area contributed by atoms with Gasteiger partial charge in [0.05, 0.1) is 17.5 Å². The summed E-state index contributed by atoms with van der Waals surface area (Å²) in [6.45, 7) is 1.15. The van der Waals surface area contributed by atoms with Crippen molar-refractivity contribution in [1.82, 2.24) is 15.5 Å². The van der Waals surface area contributed by atoms with E-state index >= 15 is 0 Å². The van der Waals surface area contributed by atoms with E-state index in [1.165, 1.54) is 0 Å². The van der Waals surface area contributed by atoms with Gasteiger partial charge in [0, 0.05) is 30.1 Å². The van der Waals surface area contributed by atoms with E-state index in [4.69, 9.17) is 9.47 Å². The van der Waals surface area contributed by atoms with E-state index in [0.29, 0.717) is 46.9 Å². The van der Waals surface area contributed by atoms with Crippen LogP contribution in [0.25, 0.3) is 10.8 Å². The molecule has 0 aliphatic carbocycles. The van der Waals surface area contributed by atoms with E-state index in [9.17, 15) is 14.4 Å². The molecule has 0 unspecified atom stereocenters. The molecule has 9 heteroatoms. The maximum absolute atomic E-state index is 12.2. The summed E-state index contributed by atoms with van der Waals surface area (Å²) in [5, 5.41) is 13.0. The van der Waals surface area contributed by atoms with E-state index in [0.717, 1.165) is 0 Å². The van der Waals surface area contributed by atoms with Crippen molar-refractivity contribution in [3.63, 3.8) is 0 Å². The van der Waals surface area contributed by atoms with Crippen molar-refractivity contribution in [2.75, 3.05) is 25.1 Å². The summed E-state index contributed by atoms with van der Waals surface area (Å²) in [5.74, 6) is 0.717. The average Bonchev–Trinajstić information content (AvgIpc) is 2.76. The van der Waals surface area contributed by atoms with Crippen LogP contribution in [-0.4, -0.2) is 41.8 Å². The summed E-state index contributed by atoms with van der Waals surface area (Å²) in [6, 6.07) is 12.2. The lowest BCUT2D eigenvalue weighted by atomic mass is 10.1.